The second-order valence-electron chi connectivity index (χ2n) is 8.84. The molecule has 8 nitrogen and oxygen atoms in total. The first-order chi connectivity index (χ1) is 18.7. The van der Waals surface area contributed by atoms with E-state index in [0.29, 0.717) is 5.13 Å². The Morgan fingerprint density at radius 3 is 2.16 bits per heavy atom. The Morgan fingerprint density at radius 1 is 0.737 bits per heavy atom. The zero-order chi connectivity index (χ0) is 25.7. The Labute approximate surface area is 228 Å². The van der Waals surface area contributed by atoms with Crippen LogP contribution in [0.4, 0.5) is 37.9 Å². The number of nitrogens with zero attached hydrogens (tertiary/aromatic N) is 8. The quantitative estimate of drug-likeness (QED) is 0.194. The molecule has 0 unspecified atom stereocenters. The van der Waals surface area contributed by atoms with Crippen LogP contribution in [0.1, 0.15) is 18.4 Å². The van der Waals surface area contributed by atoms with Crippen LogP contribution in [0.5, 0.6) is 0 Å². The summed E-state index contributed by atoms with van der Waals surface area (Å²) in [4.78, 5) is 6.54. The summed E-state index contributed by atoms with van der Waals surface area (Å²) in [6.07, 6.45) is 4.23. The lowest BCUT2D eigenvalue weighted by molar-refractivity contribution is 0.949. The van der Waals surface area contributed by atoms with Gasteiger partial charge in [0.15, 0.2) is 0 Å². The number of fused-ring (bicyclic) bond motifs is 1. The number of thiazole rings is 1. The van der Waals surface area contributed by atoms with Crippen molar-refractivity contribution in [2.45, 2.75) is 19.8 Å². The van der Waals surface area contributed by atoms with Gasteiger partial charge in [-0.25, -0.2) is 4.98 Å². The summed E-state index contributed by atoms with van der Waals surface area (Å²) in [6.45, 7) is 4.23. The maximum Gasteiger partial charge on any atom is 0.229 e. The van der Waals surface area contributed by atoms with E-state index in [1.807, 2.05) is 73.0 Å². The van der Waals surface area contributed by atoms with Gasteiger partial charge in [0.2, 0.25) is 5.13 Å². The number of aromatic nitrogens is 1. The Kier molecular flexibility index (Phi) is 7.05. The summed E-state index contributed by atoms with van der Waals surface area (Å²) >= 11 is 3.13. The fourth-order valence-corrected chi connectivity index (χ4v) is 5.64. The molecule has 3 aromatic carbocycles. The molecule has 5 aromatic rings. The van der Waals surface area contributed by atoms with Crippen molar-refractivity contribution < 1.29 is 0 Å². The van der Waals surface area contributed by atoms with Gasteiger partial charge in [-0.15, -0.1) is 36.9 Å². The van der Waals surface area contributed by atoms with Gasteiger partial charge < -0.3 is 4.90 Å². The first-order valence-electron chi connectivity index (χ1n) is 12.3. The summed E-state index contributed by atoms with van der Waals surface area (Å²) in [7, 11) is 0. The number of aryl methyl sites for hydroxylation is 1. The van der Waals surface area contributed by atoms with Crippen molar-refractivity contribution in [3.63, 3.8) is 0 Å². The van der Waals surface area contributed by atoms with Crippen molar-refractivity contribution in [1.29, 1.82) is 0 Å². The second kappa shape index (κ2) is 11.1. The third-order valence-corrected chi connectivity index (χ3v) is 7.93. The molecule has 2 aromatic heterocycles. The first-order valence-corrected chi connectivity index (χ1v) is 14.0. The number of hydrogen-bond donors (Lipinski definition) is 0. The molecule has 1 aliphatic rings. The molecule has 0 radical (unpaired) electrons. The molecule has 1 saturated heterocycles. The third-order valence-electron chi connectivity index (χ3n) is 6.25. The second-order valence-corrected chi connectivity index (χ2v) is 10.8. The Hall–Kier alpha value is -4.15. The van der Waals surface area contributed by atoms with Gasteiger partial charge in [-0.05, 0) is 67.8 Å². The Bertz CT molecular complexity index is 1650. The zero-order valence-corrected chi connectivity index (χ0v) is 22.4. The lowest BCUT2D eigenvalue weighted by Gasteiger charge is -2.13. The molecule has 0 aliphatic carbocycles. The molecule has 0 atom stereocenters. The van der Waals surface area contributed by atoms with Crippen LogP contribution in [-0.2, 0) is 0 Å². The van der Waals surface area contributed by atoms with Crippen molar-refractivity contribution >= 4 is 71.3 Å². The largest absolute Gasteiger partial charge is 0.363 e. The molecule has 0 amide bonds. The summed E-state index contributed by atoms with van der Waals surface area (Å²) < 4.78 is 0. The minimum atomic E-state index is 0.630. The van der Waals surface area contributed by atoms with Crippen molar-refractivity contribution in [1.82, 2.24) is 4.98 Å². The predicted octanol–water partition coefficient (Wildman–Crippen LogP) is 10.5. The average molecular weight is 537 g/mol. The highest BCUT2D eigenvalue weighted by Crippen LogP contribution is 2.38. The standard InChI is InChI=1S/C28H24N8S2/c1-19-18-20(8-9-23(19)31-35-28-29-14-17-37-28)30-32-24-10-11-25(22-7-3-2-6-21(22)24)33-34-26-12-13-27(38-26)36-15-4-5-16-36/h2-3,6-14,17-18H,4-5,15-16H2,1H3/b32-30+,34-33+,35-31+. The normalized spacial score (nSPS) is 14.2. The fraction of sp³-hybridized carbons (Fsp3) is 0.179. The number of azo groups is 3. The molecule has 0 saturated carbocycles. The van der Waals surface area contributed by atoms with E-state index in [4.69, 9.17) is 0 Å². The maximum atomic E-state index is 4.58. The van der Waals surface area contributed by atoms with Crippen molar-refractivity contribution in [2.75, 3.05) is 18.0 Å². The van der Waals surface area contributed by atoms with Gasteiger partial charge >= 0.3 is 0 Å². The molecule has 6 rings (SSSR count). The maximum absolute atomic E-state index is 4.58. The highest BCUT2D eigenvalue weighted by atomic mass is 32.1. The van der Waals surface area contributed by atoms with Crippen molar-refractivity contribution in [2.24, 2.45) is 30.7 Å². The SMILES string of the molecule is Cc1cc(/N=N/c2ccc(/N=N/c3ccc(N4CCCC4)s3)c3ccccc23)ccc1/N=N/c1nccs1. The van der Waals surface area contributed by atoms with Crippen LogP contribution in [0, 0.1) is 6.92 Å². The van der Waals surface area contributed by atoms with Crippen LogP contribution in [-0.4, -0.2) is 18.1 Å². The highest BCUT2D eigenvalue weighted by molar-refractivity contribution is 7.19. The summed E-state index contributed by atoms with van der Waals surface area (Å²) in [5.41, 5.74) is 4.06. The van der Waals surface area contributed by atoms with E-state index in [2.05, 4.69) is 46.6 Å². The van der Waals surface area contributed by atoms with Gasteiger partial charge in [0.1, 0.15) is 5.00 Å². The number of rotatable bonds is 7. The number of anilines is 1. The van der Waals surface area contributed by atoms with Crippen LogP contribution >= 0.6 is 22.7 Å². The molecule has 38 heavy (non-hydrogen) atoms. The topological polar surface area (TPSA) is 90.3 Å². The van der Waals surface area contributed by atoms with Gasteiger partial charge in [-0.3, -0.25) is 0 Å². The monoisotopic (exact) mass is 536 g/mol. The van der Waals surface area contributed by atoms with E-state index >= 15 is 0 Å². The number of thiophene rings is 1. The minimum Gasteiger partial charge on any atom is -0.363 e. The van der Waals surface area contributed by atoms with Crippen LogP contribution in [0.3, 0.4) is 0 Å². The van der Waals surface area contributed by atoms with E-state index in [1.165, 1.54) is 29.2 Å². The van der Waals surface area contributed by atoms with E-state index in [1.54, 1.807) is 17.5 Å². The molecule has 0 spiro atoms. The molecular formula is C28H24N8S2. The van der Waals surface area contributed by atoms with E-state index in [-0.39, 0.29) is 0 Å². The smallest absolute Gasteiger partial charge is 0.229 e. The Balaban J connectivity index is 1.22. The molecule has 0 N–H and O–H groups in total. The van der Waals surface area contributed by atoms with Crippen molar-refractivity contribution in [3.05, 3.63) is 83.9 Å². The summed E-state index contributed by atoms with van der Waals surface area (Å²) in [6, 6.07) is 21.9. The highest BCUT2D eigenvalue weighted by Gasteiger charge is 2.14. The van der Waals surface area contributed by atoms with Gasteiger partial charge in [0.25, 0.3) is 0 Å². The molecule has 0 bridgehead atoms. The molecule has 1 aliphatic heterocycles. The zero-order valence-electron chi connectivity index (χ0n) is 20.7. The van der Waals surface area contributed by atoms with E-state index < -0.39 is 0 Å². The summed E-state index contributed by atoms with van der Waals surface area (Å²) in [5, 5.41) is 33.3. The van der Waals surface area contributed by atoms with Gasteiger partial charge in [0.05, 0.1) is 27.8 Å². The van der Waals surface area contributed by atoms with Crippen LogP contribution in [0.2, 0.25) is 0 Å². The molecule has 3 heterocycles. The fourth-order valence-electron chi connectivity index (χ4n) is 4.31. The van der Waals surface area contributed by atoms with Crippen LogP contribution < -0.4 is 4.90 Å². The molecule has 1 fully saturated rings. The first kappa shape index (κ1) is 24.2. The number of benzene rings is 3. The molecule has 188 valence electrons. The van der Waals surface area contributed by atoms with E-state index in [9.17, 15) is 0 Å². The Morgan fingerprint density at radius 2 is 1.45 bits per heavy atom. The predicted molar refractivity (Wildman–Crippen MR) is 156 cm³/mol. The van der Waals surface area contributed by atoms with Gasteiger partial charge in [0, 0.05) is 35.4 Å². The third kappa shape index (κ3) is 5.41. The van der Waals surface area contributed by atoms with Crippen LogP contribution in [0.25, 0.3) is 10.8 Å². The lowest BCUT2D eigenvalue weighted by Crippen LogP contribution is -2.15. The molecular weight excluding hydrogens is 512 g/mol. The van der Waals surface area contributed by atoms with Gasteiger partial charge in [-0.2, -0.15) is 5.11 Å². The summed E-state index contributed by atoms with van der Waals surface area (Å²) in [5.74, 6) is 0. The minimum absolute atomic E-state index is 0.630. The van der Waals surface area contributed by atoms with E-state index in [0.717, 1.165) is 57.2 Å². The lowest BCUT2D eigenvalue weighted by atomic mass is 10.1. The molecule has 10 heteroatoms. The van der Waals surface area contributed by atoms with Crippen LogP contribution in [0.15, 0.2) is 109 Å². The van der Waals surface area contributed by atoms with Gasteiger partial charge in [-0.1, -0.05) is 35.6 Å². The number of hydrogen-bond acceptors (Lipinski definition) is 10. The van der Waals surface area contributed by atoms with Crippen molar-refractivity contribution in [3.8, 4) is 0 Å². The average Bonchev–Trinajstić information content (AvgIpc) is 3.73.